The number of halogens is 1. The molecular weight excluding hydrogens is 288 g/mol. The van der Waals surface area contributed by atoms with Crippen molar-refractivity contribution in [2.45, 2.75) is 26.0 Å². The van der Waals surface area contributed by atoms with E-state index in [1.165, 1.54) is 0 Å². The van der Waals surface area contributed by atoms with Gasteiger partial charge in [-0.25, -0.2) is 0 Å². The van der Waals surface area contributed by atoms with Gasteiger partial charge in [-0.3, -0.25) is 9.78 Å². The van der Waals surface area contributed by atoms with Crippen LogP contribution in [-0.2, 0) is 4.79 Å². The number of carbonyl (C=O) groups excluding carboxylic acids is 1. The van der Waals surface area contributed by atoms with Crippen molar-refractivity contribution >= 4 is 17.5 Å². The summed E-state index contributed by atoms with van der Waals surface area (Å²) in [5, 5.41) is 3.53. The Morgan fingerprint density at radius 2 is 1.95 bits per heavy atom. The van der Waals surface area contributed by atoms with Crippen molar-refractivity contribution in [1.29, 1.82) is 0 Å². The lowest BCUT2D eigenvalue weighted by Gasteiger charge is -2.18. The van der Waals surface area contributed by atoms with E-state index >= 15 is 0 Å². The minimum Gasteiger partial charge on any atom is -0.481 e. The molecule has 4 nitrogen and oxygen atoms in total. The first kappa shape index (κ1) is 15.3. The molecule has 0 fully saturated rings. The molecular formula is C16H17ClN2O2. The highest BCUT2D eigenvalue weighted by atomic mass is 35.5. The summed E-state index contributed by atoms with van der Waals surface area (Å²) in [7, 11) is 0. The maximum Gasteiger partial charge on any atom is 0.261 e. The van der Waals surface area contributed by atoms with Crippen LogP contribution in [0.4, 0.5) is 0 Å². The Morgan fingerprint density at radius 1 is 1.24 bits per heavy atom. The maximum atomic E-state index is 12.1. The second kappa shape index (κ2) is 7.09. The van der Waals surface area contributed by atoms with Gasteiger partial charge in [-0.15, -0.1) is 0 Å². The number of amides is 1. The molecule has 1 aromatic carbocycles. The number of benzene rings is 1. The Bertz CT molecular complexity index is 587. The van der Waals surface area contributed by atoms with E-state index in [1.807, 2.05) is 19.1 Å². The second-order valence-electron chi connectivity index (χ2n) is 4.73. The van der Waals surface area contributed by atoms with Crippen LogP contribution in [0.5, 0.6) is 5.75 Å². The van der Waals surface area contributed by atoms with E-state index in [0.717, 1.165) is 5.56 Å². The molecule has 2 aromatic rings. The van der Waals surface area contributed by atoms with Crippen LogP contribution >= 0.6 is 11.6 Å². The summed E-state index contributed by atoms with van der Waals surface area (Å²) in [6.07, 6.45) is 2.84. The van der Waals surface area contributed by atoms with Crippen LogP contribution in [0.15, 0.2) is 48.8 Å². The molecule has 0 aliphatic carbocycles. The van der Waals surface area contributed by atoms with Crippen LogP contribution in [0.3, 0.4) is 0 Å². The van der Waals surface area contributed by atoms with Gasteiger partial charge in [0.25, 0.3) is 5.91 Å². The van der Waals surface area contributed by atoms with Crippen LogP contribution in [0.25, 0.3) is 0 Å². The highest BCUT2D eigenvalue weighted by molar-refractivity contribution is 6.30. The molecule has 1 amide bonds. The zero-order chi connectivity index (χ0) is 15.2. The van der Waals surface area contributed by atoms with Gasteiger partial charge in [0.05, 0.1) is 6.04 Å². The average molecular weight is 305 g/mol. The molecule has 2 rings (SSSR count). The quantitative estimate of drug-likeness (QED) is 0.921. The number of nitrogens with zero attached hydrogens (tertiary/aromatic N) is 1. The number of aromatic nitrogens is 1. The van der Waals surface area contributed by atoms with E-state index in [9.17, 15) is 4.79 Å². The molecule has 0 radical (unpaired) electrons. The summed E-state index contributed by atoms with van der Waals surface area (Å²) < 4.78 is 5.58. The summed E-state index contributed by atoms with van der Waals surface area (Å²) >= 11 is 5.81. The number of pyridine rings is 1. The fraction of sp³-hybridized carbons (Fsp3) is 0.250. The predicted octanol–water partition coefficient (Wildman–Crippen LogP) is 3.38. The molecule has 0 saturated heterocycles. The van der Waals surface area contributed by atoms with Gasteiger partial charge in [-0.05, 0) is 49.7 Å². The van der Waals surface area contributed by atoms with Crippen molar-refractivity contribution in [3.8, 4) is 5.75 Å². The molecule has 0 saturated carbocycles. The first-order valence-electron chi connectivity index (χ1n) is 6.69. The van der Waals surface area contributed by atoms with Gasteiger partial charge in [0.2, 0.25) is 0 Å². The Labute approximate surface area is 129 Å². The molecule has 110 valence electrons. The van der Waals surface area contributed by atoms with Gasteiger partial charge in [0.15, 0.2) is 6.10 Å². The summed E-state index contributed by atoms with van der Waals surface area (Å²) in [5.41, 5.74) is 0.949. The van der Waals surface area contributed by atoms with E-state index in [2.05, 4.69) is 10.3 Å². The van der Waals surface area contributed by atoms with E-state index in [1.54, 1.807) is 43.6 Å². The molecule has 0 bridgehead atoms. The van der Waals surface area contributed by atoms with Gasteiger partial charge >= 0.3 is 0 Å². The fourth-order valence-electron chi connectivity index (χ4n) is 1.82. The maximum absolute atomic E-state index is 12.1. The molecule has 0 aliphatic heterocycles. The molecule has 2 unspecified atom stereocenters. The Morgan fingerprint density at radius 3 is 2.57 bits per heavy atom. The average Bonchev–Trinajstić information content (AvgIpc) is 2.50. The summed E-state index contributed by atoms with van der Waals surface area (Å²) in [5.74, 6) is 0.428. The number of nitrogens with one attached hydrogen (secondary N) is 1. The van der Waals surface area contributed by atoms with Gasteiger partial charge < -0.3 is 10.1 Å². The fourth-order valence-corrected chi connectivity index (χ4v) is 1.94. The highest BCUT2D eigenvalue weighted by Gasteiger charge is 2.17. The summed E-state index contributed by atoms with van der Waals surface area (Å²) in [6, 6.07) is 10.5. The van der Waals surface area contributed by atoms with Crippen molar-refractivity contribution in [1.82, 2.24) is 10.3 Å². The third-order valence-electron chi connectivity index (χ3n) is 3.04. The van der Waals surface area contributed by atoms with Crippen LogP contribution in [0.2, 0.25) is 5.02 Å². The molecule has 1 aromatic heterocycles. The number of hydrogen-bond donors (Lipinski definition) is 1. The standard InChI is InChI=1S/C16H17ClN2O2/c1-11(13-4-3-9-18-10-13)19-16(20)12(2)21-15-7-5-14(17)6-8-15/h3-12H,1-2H3,(H,19,20). The van der Waals surface area contributed by atoms with Gasteiger partial charge in [0, 0.05) is 17.4 Å². The van der Waals surface area contributed by atoms with Crippen molar-refractivity contribution in [3.05, 3.63) is 59.4 Å². The van der Waals surface area contributed by atoms with Gasteiger partial charge in [-0.1, -0.05) is 17.7 Å². The number of carbonyl (C=O) groups is 1. The third kappa shape index (κ3) is 4.46. The van der Waals surface area contributed by atoms with Crippen LogP contribution in [0, 0.1) is 0 Å². The predicted molar refractivity (Wildman–Crippen MR) is 82.3 cm³/mol. The lowest BCUT2D eigenvalue weighted by molar-refractivity contribution is -0.127. The zero-order valence-corrected chi connectivity index (χ0v) is 12.7. The lowest BCUT2D eigenvalue weighted by Crippen LogP contribution is -2.37. The third-order valence-corrected chi connectivity index (χ3v) is 3.29. The van der Waals surface area contributed by atoms with E-state index < -0.39 is 6.10 Å². The SMILES string of the molecule is CC(Oc1ccc(Cl)cc1)C(=O)NC(C)c1cccnc1. The van der Waals surface area contributed by atoms with Crippen molar-refractivity contribution in [2.24, 2.45) is 0 Å². The molecule has 0 aliphatic rings. The van der Waals surface area contributed by atoms with Crippen molar-refractivity contribution in [2.75, 3.05) is 0 Å². The Balaban J connectivity index is 1.92. The van der Waals surface area contributed by atoms with E-state index in [-0.39, 0.29) is 11.9 Å². The van der Waals surface area contributed by atoms with Crippen LogP contribution < -0.4 is 10.1 Å². The second-order valence-corrected chi connectivity index (χ2v) is 5.17. The van der Waals surface area contributed by atoms with Crippen molar-refractivity contribution < 1.29 is 9.53 Å². The molecule has 5 heteroatoms. The van der Waals surface area contributed by atoms with Gasteiger partial charge in [0.1, 0.15) is 5.75 Å². The van der Waals surface area contributed by atoms with E-state index in [0.29, 0.717) is 10.8 Å². The number of hydrogen-bond acceptors (Lipinski definition) is 3. The van der Waals surface area contributed by atoms with Gasteiger partial charge in [-0.2, -0.15) is 0 Å². The lowest BCUT2D eigenvalue weighted by atomic mass is 10.1. The molecule has 21 heavy (non-hydrogen) atoms. The van der Waals surface area contributed by atoms with Crippen LogP contribution in [0.1, 0.15) is 25.5 Å². The number of rotatable bonds is 5. The monoisotopic (exact) mass is 304 g/mol. The van der Waals surface area contributed by atoms with E-state index in [4.69, 9.17) is 16.3 Å². The first-order valence-corrected chi connectivity index (χ1v) is 7.06. The number of ether oxygens (including phenoxy) is 1. The minimum absolute atomic E-state index is 0.123. The molecule has 0 spiro atoms. The van der Waals surface area contributed by atoms with Crippen LogP contribution in [-0.4, -0.2) is 17.0 Å². The topological polar surface area (TPSA) is 51.2 Å². The molecule has 1 N–H and O–H groups in total. The first-order chi connectivity index (χ1) is 10.1. The Hall–Kier alpha value is -2.07. The molecule has 2 atom stereocenters. The Kier molecular flexibility index (Phi) is 5.17. The largest absolute Gasteiger partial charge is 0.481 e. The summed E-state index contributed by atoms with van der Waals surface area (Å²) in [6.45, 7) is 3.61. The highest BCUT2D eigenvalue weighted by Crippen LogP contribution is 2.17. The zero-order valence-electron chi connectivity index (χ0n) is 11.9. The normalized spacial score (nSPS) is 13.3. The smallest absolute Gasteiger partial charge is 0.261 e. The molecule has 1 heterocycles. The summed E-state index contributed by atoms with van der Waals surface area (Å²) in [4.78, 5) is 16.2. The minimum atomic E-state index is -0.592. The van der Waals surface area contributed by atoms with Crippen molar-refractivity contribution in [3.63, 3.8) is 0 Å².